The molecule has 0 aliphatic rings. The van der Waals surface area contributed by atoms with Gasteiger partial charge in [-0.1, -0.05) is 0 Å². The number of nitrogens with two attached hydrogens (primary N) is 1. The molecule has 0 saturated carbocycles. The second kappa shape index (κ2) is 3.98. The van der Waals surface area contributed by atoms with E-state index in [-0.39, 0.29) is 5.82 Å². The second-order valence-electron chi connectivity index (χ2n) is 3.39. The molecule has 0 aliphatic carbocycles. The van der Waals surface area contributed by atoms with Crippen molar-refractivity contribution >= 4 is 17.0 Å². The first-order valence-electron chi connectivity index (χ1n) is 4.60. The molecule has 0 amide bonds. The van der Waals surface area contributed by atoms with Crippen LogP contribution < -0.4 is 5.73 Å². The van der Waals surface area contributed by atoms with Crippen LogP contribution in [-0.4, -0.2) is 4.98 Å². The number of aryl methyl sites for hydroxylation is 1. The van der Waals surface area contributed by atoms with Crippen molar-refractivity contribution in [2.45, 2.75) is 13.3 Å². The fourth-order valence-corrected chi connectivity index (χ4v) is 2.34. The molecule has 0 bridgehead atoms. The Kier molecular flexibility index (Phi) is 2.68. The van der Waals surface area contributed by atoms with Crippen LogP contribution in [0.15, 0.2) is 24.4 Å². The predicted molar refractivity (Wildman–Crippen MR) is 60.5 cm³/mol. The Hall–Kier alpha value is -1.42. The van der Waals surface area contributed by atoms with Gasteiger partial charge < -0.3 is 5.73 Å². The van der Waals surface area contributed by atoms with Gasteiger partial charge in [-0.25, -0.2) is 4.39 Å². The normalized spacial score (nSPS) is 10.5. The molecule has 0 fully saturated rings. The maximum Gasteiger partial charge on any atom is 0.137 e. The zero-order valence-corrected chi connectivity index (χ0v) is 9.14. The van der Waals surface area contributed by atoms with E-state index in [2.05, 4.69) is 4.98 Å². The van der Waals surface area contributed by atoms with Crippen molar-refractivity contribution in [1.29, 1.82) is 0 Å². The third-order valence-electron chi connectivity index (χ3n) is 2.06. The molecule has 0 aliphatic heterocycles. The topological polar surface area (TPSA) is 38.9 Å². The first-order chi connectivity index (χ1) is 7.15. The molecule has 2 aromatic rings. The van der Waals surface area contributed by atoms with Gasteiger partial charge in [-0.05, 0) is 25.1 Å². The van der Waals surface area contributed by atoms with E-state index in [9.17, 15) is 4.39 Å². The van der Waals surface area contributed by atoms with Crippen LogP contribution in [0.25, 0.3) is 0 Å². The van der Waals surface area contributed by atoms with Crippen LogP contribution in [0.2, 0.25) is 0 Å². The average Bonchev–Trinajstić information content (AvgIpc) is 2.45. The van der Waals surface area contributed by atoms with Gasteiger partial charge in [0.1, 0.15) is 5.82 Å². The van der Waals surface area contributed by atoms with Crippen molar-refractivity contribution in [2.75, 3.05) is 5.73 Å². The van der Waals surface area contributed by atoms with Gasteiger partial charge in [0, 0.05) is 33.8 Å². The summed E-state index contributed by atoms with van der Waals surface area (Å²) < 4.78 is 13.3. The van der Waals surface area contributed by atoms with Crippen molar-refractivity contribution in [3.63, 3.8) is 0 Å². The van der Waals surface area contributed by atoms with Gasteiger partial charge in [-0.15, -0.1) is 11.3 Å². The van der Waals surface area contributed by atoms with E-state index in [1.807, 2.05) is 6.92 Å². The molecule has 2 N–H and O–H groups in total. The number of pyridine rings is 1. The minimum atomic E-state index is -0.151. The Morgan fingerprint density at radius 1 is 1.47 bits per heavy atom. The van der Waals surface area contributed by atoms with Gasteiger partial charge in [-0.3, -0.25) is 4.98 Å². The van der Waals surface area contributed by atoms with Crippen LogP contribution in [0.4, 0.5) is 10.1 Å². The first-order valence-corrected chi connectivity index (χ1v) is 5.42. The lowest BCUT2D eigenvalue weighted by Crippen LogP contribution is -1.93. The molecular formula is C11H11FN2S. The number of aromatic nitrogens is 1. The number of anilines is 1. The van der Waals surface area contributed by atoms with Crippen LogP contribution >= 0.6 is 11.3 Å². The maximum atomic E-state index is 13.3. The summed E-state index contributed by atoms with van der Waals surface area (Å²) >= 11 is 1.46. The fraction of sp³-hybridized carbons (Fsp3) is 0.182. The summed E-state index contributed by atoms with van der Waals surface area (Å²) in [6, 6.07) is 5.04. The summed E-state index contributed by atoms with van der Waals surface area (Å²) in [6.07, 6.45) is 2.15. The lowest BCUT2D eigenvalue weighted by Gasteiger charge is -1.99. The highest BCUT2D eigenvalue weighted by Gasteiger charge is 2.08. The third-order valence-corrected chi connectivity index (χ3v) is 3.09. The number of hydrogen-bond donors (Lipinski definition) is 1. The number of nitrogens with zero attached hydrogens (tertiary/aromatic N) is 1. The minimum Gasteiger partial charge on any atom is -0.399 e. The molecule has 4 heteroatoms. The lowest BCUT2D eigenvalue weighted by atomic mass is 10.2. The summed E-state index contributed by atoms with van der Waals surface area (Å²) in [5.74, 6) is -0.151. The van der Waals surface area contributed by atoms with Gasteiger partial charge in [0.25, 0.3) is 0 Å². The van der Waals surface area contributed by atoms with Gasteiger partial charge in [-0.2, -0.15) is 0 Å². The Labute approximate surface area is 91.6 Å². The lowest BCUT2D eigenvalue weighted by molar-refractivity contribution is 0.620. The number of rotatable bonds is 2. The van der Waals surface area contributed by atoms with Crippen molar-refractivity contribution in [1.82, 2.24) is 4.98 Å². The number of nitrogen functional groups attached to an aromatic ring is 1. The molecule has 2 aromatic heterocycles. The molecular weight excluding hydrogens is 211 g/mol. The maximum absolute atomic E-state index is 13.3. The van der Waals surface area contributed by atoms with E-state index in [1.54, 1.807) is 24.4 Å². The van der Waals surface area contributed by atoms with Gasteiger partial charge in [0.2, 0.25) is 0 Å². The van der Waals surface area contributed by atoms with E-state index in [0.717, 1.165) is 10.6 Å². The summed E-state index contributed by atoms with van der Waals surface area (Å²) in [5.41, 5.74) is 7.09. The standard InChI is InChI=1S/C11H11FN2S/c1-7-4-10(12)11(15-7)6-9-5-8(13)2-3-14-9/h2-5H,6H2,1H3,(H2,13,14). The molecule has 0 atom stereocenters. The highest BCUT2D eigenvalue weighted by Crippen LogP contribution is 2.22. The van der Waals surface area contributed by atoms with Crippen molar-refractivity contribution in [3.8, 4) is 0 Å². The van der Waals surface area contributed by atoms with Gasteiger partial charge in [0.05, 0.1) is 0 Å². The minimum absolute atomic E-state index is 0.151. The SMILES string of the molecule is Cc1cc(F)c(Cc2cc(N)ccn2)s1. The van der Waals surface area contributed by atoms with E-state index in [0.29, 0.717) is 17.0 Å². The first kappa shape index (κ1) is 10.1. The third kappa shape index (κ3) is 2.33. The van der Waals surface area contributed by atoms with E-state index in [1.165, 1.54) is 11.3 Å². The van der Waals surface area contributed by atoms with Crippen LogP contribution in [0.5, 0.6) is 0 Å². The molecule has 0 unspecified atom stereocenters. The molecule has 2 heterocycles. The zero-order chi connectivity index (χ0) is 10.8. The number of hydrogen-bond acceptors (Lipinski definition) is 3. The number of thiophene rings is 1. The summed E-state index contributed by atoms with van der Waals surface area (Å²) in [7, 11) is 0. The van der Waals surface area contributed by atoms with Crippen molar-refractivity contribution < 1.29 is 4.39 Å². The molecule has 2 rings (SSSR count). The highest BCUT2D eigenvalue weighted by molar-refractivity contribution is 7.11. The number of halogens is 1. The average molecular weight is 222 g/mol. The van der Waals surface area contributed by atoms with Crippen LogP contribution in [0.1, 0.15) is 15.4 Å². The molecule has 15 heavy (non-hydrogen) atoms. The van der Waals surface area contributed by atoms with Crippen LogP contribution in [0.3, 0.4) is 0 Å². The largest absolute Gasteiger partial charge is 0.399 e. The zero-order valence-electron chi connectivity index (χ0n) is 8.33. The van der Waals surface area contributed by atoms with Gasteiger partial charge >= 0.3 is 0 Å². The summed E-state index contributed by atoms with van der Waals surface area (Å²) in [6.45, 7) is 1.89. The van der Waals surface area contributed by atoms with E-state index < -0.39 is 0 Å². The Morgan fingerprint density at radius 2 is 2.27 bits per heavy atom. The van der Waals surface area contributed by atoms with Gasteiger partial charge in [0.15, 0.2) is 0 Å². The Balaban J connectivity index is 2.25. The van der Waals surface area contributed by atoms with Crippen LogP contribution in [0, 0.1) is 12.7 Å². The van der Waals surface area contributed by atoms with Crippen LogP contribution in [-0.2, 0) is 6.42 Å². The van der Waals surface area contributed by atoms with Crippen molar-refractivity contribution in [3.05, 3.63) is 45.7 Å². The summed E-state index contributed by atoms with van der Waals surface area (Å²) in [5, 5.41) is 0. The van der Waals surface area contributed by atoms with E-state index >= 15 is 0 Å². The highest BCUT2D eigenvalue weighted by atomic mass is 32.1. The predicted octanol–water partition coefficient (Wildman–Crippen LogP) is 2.76. The molecule has 0 saturated heterocycles. The molecule has 78 valence electrons. The van der Waals surface area contributed by atoms with Crippen molar-refractivity contribution in [2.24, 2.45) is 0 Å². The monoisotopic (exact) mass is 222 g/mol. The molecule has 0 radical (unpaired) electrons. The molecule has 0 aromatic carbocycles. The van der Waals surface area contributed by atoms with E-state index in [4.69, 9.17) is 5.73 Å². The smallest absolute Gasteiger partial charge is 0.137 e. The molecule has 2 nitrogen and oxygen atoms in total. The molecule has 0 spiro atoms. The Morgan fingerprint density at radius 3 is 2.87 bits per heavy atom. The second-order valence-corrected chi connectivity index (χ2v) is 4.73. The summed E-state index contributed by atoms with van der Waals surface area (Å²) in [4.78, 5) is 5.84. The Bertz CT molecular complexity index is 479. The fourth-order valence-electron chi connectivity index (χ4n) is 1.41. The quantitative estimate of drug-likeness (QED) is 0.848.